The number of carbonyl (C=O) groups excluding carboxylic acids is 1. The van der Waals surface area contributed by atoms with Crippen molar-refractivity contribution in [1.82, 2.24) is 9.80 Å². The molecule has 0 bridgehead atoms. The van der Waals surface area contributed by atoms with Gasteiger partial charge in [-0.3, -0.25) is 9.69 Å². The highest BCUT2D eigenvalue weighted by Gasteiger charge is 2.24. The van der Waals surface area contributed by atoms with Gasteiger partial charge in [0.2, 0.25) is 0 Å². The molecule has 3 rings (SSSR count). The van der Waals surface area contributed by atoms with Gasteiger partial charge < -0.3 is 14.4 Å². The van der Waals surface area contributed by atoms with Gasteiger partial charge in [-0.15, -0.1) is 0 Å². The van der Waals surface area contributed by atoms with E-state index in [-0.39, 0.29) is 11.9 Å². The molecule has 0 radical (unpaired) electrons. The molecule has 0 aliphatic carbocycles. The van der Waals surface area contributed by atoms with Crippen molar-refractivity contribution >= 4 is 5.91 Å². The van der Waals surface area contributed by atoms with E-state index in [0.717, 1.165) is 44.2 Å². The highest BCUT2D eigenvalue weighted by Crippen LogP contribution is 2.19. The van der Waals surface area contributed by atoms with Crippen LogP contribution in [-0.2, 0) is 11.3 Å². The fraction of sp³-hybridized carbons (Fsp3) is 0.435. The molecule has 0 spiro atoms. The Morgan fingerprint density at radius 3 is 2.61 bits per heavy atom. The molecular weight excluding hydrogens is 352 g/mol. The lowest BCUT2D eigenvalue weighted by Crippen LogP contribution is -2.48. The van der Waals surface area contributed by atoms with Gasteiger partial charge in [-0.25, -0.2) is 0 Å². The zero-order valence-corrected chi connectivity index (χ0v) is 16.8. The van der Waals surface area contributed by atoms with Gasteiger partial charge in [-0.05, 0) is 37.6 Å². The van der Waals surface area contributed by atoms with Crippen LogP contribution in [0.3, 0.4) is 0 Å². The number of benzene rings is 2. The van der Waals surface area contributed by atoms with Crippen LogP contribution < -0.4 is 4.74 Å². The maximum absolute atomic E-state index is 13.4. The van der Waals surface area contributed by atoms with Gasteiger partial charge in [-0.1, -0.05) is 36.4 Å². The van der Waals surface area contributed by atoms with Crippen molar-refractivity contribution in [2.24, 2.45) is 0 Å². The topological polar surface area (TPSA) is 42.0 Å². The van der Waals surface area contributed by atoms with E-state index in [1.165, 1.54) is 0 Å². The Hall–Kier alpha value is -2.37. The predicted molar refractivity (Wildman–Crippen MR) is 111 cm³/mol. The van der Waals surface area contributed by atoms with Crippen molar-refractivity contribution in [3.8, 4) is 5.75 Å². The standard InChI is InChI=1S/C23H30N2O3/c1-3-28-22-11-7-10-21(16-22)23(26)25(18-20-8-5-4-6-9-20)19(2)17-24-12-14-27-15-13-24/h4-11,16,19H,3,12-15,17-18H2,1-2H3. The van der Waals surface area contributed by atoms with Crippen LogP contribution >= 0.6 is 0 Å². The first-order valence-corrected chi connectivity index (χ1v) is 10.0. The molecule has 5 heteroatoms. The number of hydrogen-bond acceptors (Lipinski definition) is 4. The third-order valence-corrected chi connectivity index (χ3v) is 5.01. The number of nitrogens with zero attached hydrogens (tertiary/aromatic N) is 2. The second kappa shape index (κ2) is 10.2. The minimum atomic E-state index is 0.0335. The fourth-order valence-corrected chi connectivity index (χ4v) is 3.52. The van der Waals surface area contributed by atoms with E-state index >= 15 is 0 Å². The quantitative estimate of drug-likeness (QED) is 0.701. The summed E-state index contributed by atoms with van der Waals surface area (Å²) < 4.78 is 11.0. The van der Waals surface area contributed by atoms with Gasteiger partial charge in [-0.2, -0.15) is 0 Å². The monoisotopic (exact) mass is 382 g/mol. The lowest BCUT2D eigenvalue weighted by molar-refractivity contribution is 0.0228. The lowest BCUT2D eigenvalue weighted by Gasteiger charge is -2.35. The first kappa shape index (κ1) is 20.4. The molecule has 1 aliphatic heterocycles. The smallest absolute Gasteiger partial charge is 0.254 e. The Bertz CT molecular complexity index is 745. The molecule has 1 aliphatic rings. The van der Waals surface area contributed by atoms with Crippen molar-refractivity contribution < 1.29 is 14.3 Å². The highest BCUT2D eigenvalue weighted by molar-refractivity contribution is 5.94. The summed E-state index contributed by atoms with van der Waals surface area (Å²) in [7, 11) is 0. The molecule has 150 valence electrons. The van der Waals surface area contributed by atoms with Crippen LogP contribution in [0.25, 0.3) is 0 Å². The van der Waals surface area contributed by atoms with Crippen LogP contribution in [0.5, 0.6) is 5.75 Å². The van der Waals surface area contributed by atoms with E-state index in [2.05, 4.69) is 24.0 Å². The predicted octanol–water partition coefficient (Wildman–Crippen LogP) is 3.45. The molecule has 1 saturated heterocycles. The van der Waals surface area contributed by atoms with Crippen LogP contribution in [-0.4, -0.2) is 61.2 Å². The average Bonchev–Trinajstić information content (AvgIpc) is 2.73. The van der Waals surface area contributed by atoms with E-state index in [9.17, 15) is 4.79 Å². The average molecular weight is 383 g/mol. The number of amides is 1. The molecule has 2 aromatic carbocycles. The zero-order chi connectivity index (χ0) is 19.8. The summed E-state index contributed by atoms with van der Waals surface area (Å²) in [5.41, 5.74) is 1.79. The molecular formula is C23H30N2O3. The van der Waals surface area contributed by atoms with E-state index < -0.39 is 0 Å². The summed E-state index contributed by atoms with van der Waals surface area (Å²) >= 11 is 0. The van der Waals surface area contributed by atoms with Crippen LogP contribution in [0, 0.1) is 0 Å². The molecule has 1 heterocycles. The van der Waals surface area contributed by atoms with Crippen molar-refractivity contribution in [3.63, 3.8) is 0 Å². The number of morpholine rings is 1. The SMILES string of the molecule is CCOc1cccc(C(=O)N(Cc2ccccc2)C(C)CN2CCOCC2)c1. The normalized spacial score (nSPS) is 15.8. The lowest BCUT2D eigenvalue weighted by atomic mass is 10.1. The minimum Gasteiger partial charge on any atom is -0.494 e. The molecule has 0 aromatic heterocycles. The number of hydrogen-bond donors (Lipinski definition) is 0. The van der Waals surface area contributed by atoms with Gasteiger partial charge in [0.05, 0.1) is 19.8 Å². The van der Waals surface area contributed by atoms with Crippen molar-refractivity contribution in [2.75, 3.05) is 39.5 Å². The summed E-state index contributed by atoms with van der Waals surface area (Å²) in [4.78, 5) is 17.8. The second-order valence-electron chi connectivity index (χ2n) is 7.14. The Kier molecular flexibility index (Phi) is 7.46. The van der Waals surface area contributed by atoms with Crippen LogP contribution in [0.15, 0.2) is 54.6 Å². The molecule has 1 fully saturated rings. The molecule has 5 nitrogen and oxygen atoms in total. The van der Waals surface area contributed by atoms with Gasteiger partial charge in [0, 0.05) is 37.8 Å². The summed E-state index contributed by atoms with van der Waals surface area (Å²) in [6.45, 7) is 9.43. The van der Waals surface area contributed by atoms with Crippen LogP contribution in [0.1, 0.15) is 29.8 Å². The largest absolute Gasteiger partial charge is 0.494 e. The summed E-state index contributed by atoms with van der Waals surface area (Å²) in [5.74, 6) is 0.764. The summed E-state index contributed by atoms with van der Waals surface area (Å²) in [5, 5.41) is 0. The Balaban J connectivity index is 1.79. The number of ether oxygens (including phenoxy) is 2. The summed E-state index contributed by atoms with van der Waals surface area (Å²) in [6, 6.07) is 17.7. The zero-order valence-electron chi connectivity index (χ0n) is 16.8. The molecule has 1 unspecified atom stereocenters. The molecule has 0 N–H and O–H groups in total. The van der Waals surface area contributed by atoms with Crippen LogP contribution in [0.2, 0.25) is 0 Å². The molecule has 28 heavy (non-hydrogen) atoms. The van der Waals surface area contributed by atoms with E-state index in [4.69, 9.17) is 9.47 Å². The van der Waals surface area contributed by atoms with Gasteiger partial charge >= 0.3 is 0 Å². The van der Waals surface area contributed by atoms with Gasteiger partial charge in [0.25, 0.3) is 5.91 Å². The van der Waals surface area contributed by atoms with Crippen molar-refractivity contribution in [1.29, 1.82) is 0 Å². The van der Waals surface area contributed by atoms with Crippen molar-refractivity contribution in [3.05, 3.63) is 65.7 Å². The van der Waals surface area contributed by atoms with Gasteiger partial charge in [0.15, 0.2) is 0 Å². The van der Waals surface area contributed by atoms with Crippen LogP contribution in [0.4, 0.5) is 0 Å². The Labute approximate surface area is 167 Å². The highest BCUT2D eigenvalue weighted by atomic mass is 16.5. The third-order valence-electron chi connectivity index (χ3n) is 5.01. The Morgan fingerprint density at radius 1 is 1.14 bits per heavy atom. The summed E-state index contributed by atoms with van der Waals surface area (Å²) in [6.07, 6.45) is 0. The first-order chi connectivity index (χ1) is 13.7. The number of carbonyl (C=O) groups is 1. The maximum atomic E-state index is 13.4. The first-order valence-electron chi connectivity index (χ1n) is 10.0. The third kappa shape index (κ3) is 5.57. The molecule has 1 atom stereocenters. The van der Waals surface area contributed by atoms with Crippen molar-refractivity contribution in [2.45, 2.75) is 26.4 Å². The maximum Gasteiger partial charge on any atom is 0.254 e. The molecule has 0 saturated carbocycles. The second-order valence-corrected chi connectivity index (χ2v) is 7.14. The Morgan fingerprint density at radius 2 is 1.89 bits per heavy atom. The molecule has 2 aromatic rings. The van der Waals surface area contributed by atoms with E-state index in [1.807, 2.05) is 54.3 Å². The number of rotatable bonds is 8. The minimum absolute atomic E-state index is 0.0335. The fourth-order valence-electron chi connectivity index (χ4n) is 3.52. The molecule has 1 amide bonds. The van der Waals surface area contributed by atoms with E-state index in [0.29, 0.717) is 18.7 Å². The van der Waals surface area contributed by atoms with E-state index in [1.54, 1.807) is 0 Å². The van der Waals surface area contributed by atoms with Gasteiger partial charge in [0.1, 0.15) is 5.75 Å².